The first-order valence-electron chi connectivity index (χ1n) is 24.6. The highest BCUT2D eigenvalue weighted by molar-refractivity contribution is 5.91. The molecule has 0 saturated heterocycles. The van der Waals surface area contributed by atoms with Gasteiger partial charge in [-0.25, -0.2) is 0 Å². The first kappa shape index (κ1) is 43.8. The Hall–Kier alpha value is -5.48. The van der Waals surface area contributed by atoms with Gasteiger partial charge in [-0.1, -0.05) is 61.5 Å². The molecule has 0 amide bonds. The molecule has 4 aliphatic carbocycles. The lowest BCUT2D eigenvalue weighted by Gasteiger charge is -2.29. The fraction of sp³-hybridized carbons (Fsp3) is 0.400. The number of rotatable bonds is 10. The molecule has 4 aliphatic rings. The first-order chi connectivity index (χ1) is 31.1. The van der Waals surface area contributed by atoms with Crippen LogP contribution in [0.25, 0.3) is 39.0 Å². The second-order valence-electron chi connectivity index (χ2n) is 19.4. The molecule has 2 N–H and O–H groups in total. The van der Waals surface area contributed by atoms with E-state index in [1.807, 2.05) is 36.4 Å². The molecule has 0 aliphatic heterocycles. The number of phenolic OH excluding ortho intramolecular Hbond substituents is 2. The number of fused-ring (bicyclic) bond motifs is 3. The van der Waals surface area contributed by atoms with Gasteiger partial charge in [-0.2, -0.15) is 0 Å². The third-order valence-electron chi connectivity index (χ3n) is 14.4. The molecule has 5 aromatic rings. The number of hydrogen-bond donors (Lipinski definition) is 2. The van der Waals surface area contributed by atoms with E-state index in [1.165, 1.54) is 83.9 Å². The normalized spacial score (nSPS) is 19.6. The molecule has 4 nitrogen and oxygen atoms in total. The number of para-hydroxylation sites is 2. The van der Waals surface area contributed by atoms with E-state index in [4.69, 9.17) is 9.47 Å². The second kappa shape index (κ2) is 19.3. The van der Waals surface area contributed by atoms with Gasteiger partial charge in [0.2, 0.25) is 0 Å². The van der Waals surface area contributed by atoms with Crippen LogP contribution in [0.5, 0.6) is 23.0 Å². The zero-order valence-corrected chi connectivity index (χ0v) is 38.9. The quantitative estimate of drug-likeness (QED) is 0.147. The van der Waals surface area contributed by atoms with Crippen molar-refractivity contribution in [3.8, 4) is 56.4 Å². The second-order valence-corrected chi connectivity index (χ2v) is 19.4. The van der Waals surface area contributed by atoms with Crippen molar-refractivity contribution in [1.29, 1.82) is 0 Å². The summed E-state index contributed by atoms with van der Waals surface area (Å²) in [6, 6.07) is 27.3. The van der Waals surface area contributed by atoms with E-state index in [1.54, 1.807) is 0 Å². The van der Waals surface area contributed by atoms with Crippen molar-refractivity contribution in [2.75, 3.05) is 0 Å². The van der Waals surface area contributed by atoms with Crippen LogP contribution in [0, 0.1) is 13.8 Å². The standard InChI is InChI=1S/C60H68O4/c1-38-32-51(59(61)53(34-38)57-40(3)20-8-6-7-9-21-43-22-10-13-25-46(43)57)49-28-16-18-30-55(49)63-41(4)36-42(5)64-56-31-19-17-29-50(56)52-33-39(2)35-54(60(52)62)58-47-26-14-11-23-44(47)37-45-24-12-15-27-48(45)58/h16-19,21,28-35,37,41-42,61-62H,3,6-15,20,22-27,36H2,1-2,4-5H3/b43-21-,57-46+/t41-,42-/m0/s1. The molecule has 0 heterocycles. The van der Waals surface area contributed by atoms with Crippen molar-refractivity contribution in [2.24, 2.45) is 0 Å². The molecule has 0 unspecified atom stereocenters. The summed E-state index contributed by atoms with van der Waals surface area (Å²) in [6.07, 6.45) is 22.1. The maximum Gasteiger partial charge on any atom is 0.131 e. The van der Waals surface area contributed by atoms with Gasteiger partial charge in [0.15, 0.2) is 0 Å². The van der Waals surface area contributed by atoms with Crippen LogP contribution in [-0.2, 0) is 25.7 Å². The predicted molar refractivity (Wildman–Crippen MR) is 266 cm³/mol. The lowest BCUT2D eigenvalue weighted by atomic mass is 9.76. The van der Waals surface area contributed by atoms with Gasteiger partial charge in [0, 0.05) is 39.8 Å². The van der Waals surface area contributed by atoms with E-state index < -0.39 is 0 Å². The van der Waals surface area contributed by atoms with E-state index in [0.29, 0.717) is 17.9 Å². The Morgan fingerprint density at radius 2 is 1.03 bits per heavy atom. The van der Waals surface area contributed by atoms with Gasteiger partial charge < -0.3 is 19.7 Å². The molecule has 9 rings (SSSR count). The van der Waals surface area contributed by atoms with E-state index >= 15 is 0 Å². The van der Waals surface area contributed by atoms with Crippen LogP contribution < -0.4 is 9.47 Å². The topological polar surface area (TPSA) is 58.9 Å². The van der Waals surface area contributed by atoms with E-state index in [2.05, 4.69) is 82.8 Å². The van der Waals surface area contributed by atoms with Crippen molar-refractivity contribution >= 4 is 5.57 Å². The Labute approximate surface area is 382 Å². The minimum atomic E-state index is -0.193. The van der Waals surface area contributed by atoms with Crippen LogP contribution >= 0.6 is 0 Å². The highest BCUT2D eigenvalue weighted by Crippen LogP contribution is 2.49. The summed E-state index contributed by atoms with van der Waals surface area (Å²) < 4.78 is 13.6. The summed E-state index contributed by atoms with van der Waals surface area (Å²) in [5.74, 6) is 2.12. The lowest BCUT2D eigenvalue weighted by molar-refractivity contribution is 0.131. The summed E-state index contributed by atoms with van der Waals surface area (Å²) in [4.78, 5) is 0. The maximum atomic E-state index is 12.3. The fourth-order valence-electron chi connectivity index (χ4n) is 11.5. The predicted octanol–water partition coefficient (Wildman–Crippen LogP) is 15.9. The van der Waals surface area contributed by atoms with Gasteiger partial charge in [-0.3, -0.25) is 0 Å². The average Bonchev–Trinajstić information content (AvgIpc) is 3.29. The summed E-state index contributed by atoms with van der Waals surface area (Å²) in [6.45, 7) is 13.1. The summed E-state index contributed by atoms with van der Waals surface area (Å²) in [5.41, 5.74) is 19.7. The number of hydrogen-bond acceptors (Lipinski definition) is 4. The lowest BCUT2D eigenvalue weighted by Crippen LogP contribution is -2.23. The monoisotopic (exact) mass is 853 g/mol. The molecular weight excluding hydrogens is 785 g/mol. The minimum Gasteiger partial charge on any atom is -0.507 e. The molecule has 5 aromatic carbocycles. The Morgan fingerprint density at radius 3 is 1.66 bits per heavy atom. The molecule has 0 radical (unpaired) electrons. The van der Waals surface area contributed by atoms with Crippen LogP contribution in [0.4, 0.5) is 0 Å². The molecule has 2 atom stereocenters. The third kappa shape index (κ3) is 9.08. The van der Waals surface area contributed by atoms with Gasteiger partial charge in [-0.05, 0) is 228 Å². The molecule has 0 aromatic heterocycles. The number of phenols is 2. The van der Waals surface area contributed by atoms with Crippen molar-refractivity contribution in [1.82, 2.24) is 0 Å². The molecule has 332 valence electrons. The van der Waals surface area contributed by atoms with E-state index in [9.17, 15) is 10.2 Å². The summed E-state index contributed by atoms with van der Waals surface area (Å²) >= 11 is 0. The Bertz CT molecular complexity index is 2590. The Morgan fingerprint density at radius 1 is 0.531 bits per heavy atom. The Balaban J connectivity index is 0.982. The van der Waals surface area contributed by atoms with Gasteiger partial charge >= 0.3 is 0 Å². The van der Waals surface area contributed by atoms with Crippen LogP contribution in [-0.4, -0.2) is 22.4 Å². The van der Waals surface area contributed by atoms with Gasteiger partial charge in [0.1, 0.15) is 23.0 Å². The van der Waals surface area contributed by atoms with Crippen LogP contribution in [0.15, 0.2) is 108 Å². The zero-order chi connectivity index (χ0) is 44.3. The maximum absolute atomic E-state index is 12.3. The van der Waals surface area contributed by atoms with Crippen LogP contribution in [0.1, 0.15) is 143 Å². The van der Waals surface area contributed by atoms with Crippen molar-refractivity contribution in [3.63, 3.8) is 0 Å². The van der Waals surface area contributed by atoms with Crippen molar-refractivity contribution in [3.05, 3.63) is 147 Å². The van der Waals surface area contributed by atoms with Gasteiger partial charge in [0.05, 0.1) is 12.2 Å². The number of aromatic hydroxyl groups is 2. The number of aryl methyl sites for hydroxylation is 4. The van der Waals surface area contributed by atoms with Crippen molar-refractivity contribution in [2.45, 2.75) is 155 Å². The molecular formula is C60H68O4. The van der Waals surface area contributed by atoms with Crippen molar-refractivity contribution < 1.29 is 19.7 Å². The number of ether oxygens (including phenoxy) is 2. The summed E-state index contributed by atoms with van der Waals surface area (Å²) in [5, 5.41) is 24.7. The van der Waals surface area contributed by atoms with Gasteiger partial charge in [-0.15, -0.1) is 0 Å². The number of allylic oxidation sites excluding steroid dienone is 5. The number of benzene rings is 5. The Kier molecular flexibility index (Phi) is 13.2. The van der Waals surface area contributed by atoms with E-state index in [0.717, 1.165) is 131 Å². The molecule has 64 heavy (non-hydrogen) atoms. The van der Waals surface area contributed by atoms with Crippen LogP contribution in [0.3, 0.4) is 0 Å². The highest BCUT2D eigenvalue weighted by Gasteiger charge is 2.28. The van der Waals surface area contributed by atoms with Gasteiger partial charge in [0.25, 0.3) is 0 Å². The zero-order valence-electron chi connectivity index (χ0n) is 38.9. The van der Waals surface area contributed by atoms with Crippen LogP contribution in [0.2, 0.25) is 0 Å². The molecule has 1 saturated carbocycles. The SMILES string of the molecule is C=C1CCCCC/C=C2/CCCC/C2=C/1c1cc(C)cc(-c2ccccc2O[C@@H](C)C[C@H](C)Oc2ccccc2-c2cc(C)cc(-c3c4c(cc5c3CCCC5)CCCC4)c2O)c1O. The molecule has 0 bridgehead atoms. The largest absolute Gasteiger partial charge is 0.507 e. The third-order valence-corrected chi connectivity index (χ3v) is 14.4. The molecule has 4 heteroatoms. The molecule has 1 fully saturated rings. The smallest absolute Gasteiger partial charge is 0.131 e. The molecule has 0 spiro atoms. The average molecular weight is 853 g/mol. The highest BCUT2D eigenvalue weighted by atomic mass is 16.5. The first-order valence-corrected chi connectivity index (χ1v) is 24.6. The minimum absolute atomic E-state index is 0.188. The van der Waals surface area contributed by atoms with E-state index in [-0.39, 0.29) is 12.2 Å². The summed E-state index contributed by atoms with van der Waals surface area (Å²) in [7, 11) is 0. The fourth-order valence-corrected chi connectivity index (χ4v) is 11.5.